The average Bonchev–Trinajstić information content (AvgIpc) is 3.17. The lowest BCUT2D eigenvalue weighted by molar-refractivity contribution is 0.412. The first-order chi connectivity index (χ1) is 9.81. The van der Waals surface area contributed by atoms with E-state index in [1.54, 1.807) is 12.7 Å². The first-order valence-corrected chi connectivity index (χ1v) is 6.96. The van der Waals surface area contributed by atoms with Gasteiger partial charge in [0, 0.05) is 29.3 Å². The van der Waals surface area contributed by atoms with Gasteiger partial charge in [0.05, 0.1) is 0 Å². The fourth-order valence-corrected chi connectivity index (χ4v) is 3.15. The summed E-state index contributed by atoms with van der Waals surface area (Å²) in [6.07, 6.45) is 6.87. The van der Waals surface area contributed by atoms with E-state index in [-0.39, 0.29) is 0 Å². The van der Waals surface area contributed by atoms with Crippen LogP contribution >= 0.6 is 0 Å². The van der Waals surface area contributed by atoms with Crippen LogP contribution in [-0.4, -0.2) is 44.8 Å². The molecule has 0 spiro atoms. The maximum atomic E-state index is 3.87. The Bertz CT molecular complexity index is 728. The summed E-state index contributed by atoms with van der Waals surface area (Å²) in [4.78, 5) is 5.79. The number of hydrogen-bond donors (Lipinski definition) is 1. The normalized spacial score (nSPS) is 19.9. The topological polar surface area (TPSA) is 49.7 Å². The number of likely N-dealkylation sites (tertiary alicyclic amines) is 1. The summed E-state index contributed by atoms with van der Waals surface area (Å²) in [6, 6.07) is 6.45. The third-order valence-corrected chi connectivity index (χ3v) is 4.25. The predicted octanol–water partition coefficient (Wildman–Crippen LogP) is 2.17. The van der Waals surface area contributed by atoms with Crippen molar-refractivity contribution in [1.29, 1.82) is 0 Å². The van der Waals surface area contributed by atoms with Gasteiger partial charge in [-0.1, -0.05) is 0 Å². The molecule has 20 heavy (non-hydrogen) atoms. The van der Waals surface area contributed by atoms with Gasteiger partial charge in [0.1, 0.15) is 12.7 Å². The predicted molar refractivity (Wildman–Crippen MR) is 78.1 cm³/mol. The average molecular weight is 267 g/mol. The largest absolute Gasteiger partial charge is 0.361 e. The molecule has 0 unspecified atom stereocenters. The SMILES string of the molecule is CN1CC[C@H](c2c[nH]c3ccc(-n4cnnc4)cc23)C1. The highest BCUT2D eigenvalue weighted by molar-refractivity contribution is 5.85. The van der Waals surface area contributed by atoms with Crippen LogP contribution in [0.4, 0.5) is 0 Å². The summed E-state index contributed by atoms with van der Waals surface area (Å²) in [7, 11) is 2.19. The molecule has 102 valence electrons. The second-order valence-corrected chi connectivity index (χ2v) is 5.59. The van der Waals surface area contributed by atoms with Crippen LogP contribution in [-0.2, 0) is 0 Å². The molecule has 3 aromatic rings. The third-order valence-electron chi connectivity index (χ3n) is 4.25. The molecule has 4 rings (SSSR count). The Morgan fingerprint density at radius 3 is 2.85 bits per heavy atom. The highest BCUT2D eigenvalue weighted by Gasteiger charge is 2.23. The molecular formula is C15H17N5. The zero-order chi connectivity index (χ0) is 13.5. The Kier molecular flexibility index (Phi) is 2.60. The molecule has 1 fully saturated rings. The van der Waals surface area contributed by atoms with Crippen LogP contribution in [0, 0.1) is 0 Å². The van der Waals surface area contributed by atoms with Crippen LogP contribution in [0.3, 0.4) is 0 Å². The molecule has 1 N–H and O–H groups in total. The second-order valence-electron chi connectivity index (χ2n) is 5.59. The van der Waals surface area contributed by atoms with E-state index in [0.29, 0.717) is 5.92 Å². The van der Waals surface area contributed by atoms with Gasteiger partial charge in [0.15, 0.2) is 0 Å². The molecule has 1 atom stereocenters. The molecule has 0 saturated carbocycles. The van der Waals surface area contributed by atoms with Gasteiger partial charge < -0.3 is 9.88 Å². The summed E-state index contributed by atoms with van der Waals surface area (Å²) in [5.74, 6) is 0.630. The number of likely N-dealkylation sites (N-methyl/N-ethyl adjacent to an activating group) is 1. The van der Waals surface area contributed by atoms with E-state index >= 15 is 0 Å². The fourth-order valence-electron chi connectivity index (χ4n) is 3.15. The lowest BCUT2D eigenvalue weighted by Gasteiger charge is -2.10. The molecule has 1 aliphatic rings. The van der Waals surface area contributed by atoms with E-state index < -0.39 is 0 Å². The standard InChI is InChI=1S/C15H17N5/c1-19-5-4-11(8-19)14-7-16-15-3-2-12(6-13(14)15)20-9-17-18-10-20/h2-3,6-7,9-11,16H,4-5,8H2,1H3/t11-/m0/s1. The number of H-pyrrole nitrogens is 1. The van der Waals surface area contributed by atoms with Crippen molar-refractivity contribution in [3.8, 4) is 5.69 Å². The summed E-state index contributed by atoms with van der Waals surface area (Å²) in [6.45, 7) is 2.33. The number of nitrogens with one attached hydrogen (secondary N) is 1. The molecule has 3 heterocycles. The molecule has 0 bridgehead atoms. The molecule has 1 aliphatic heterocycles. The van der Waals surface area contributed by atoms with E-state index in [2.05, 4.69) is 51.5 Å². The number of rotatable bonds is 2. The Morgan fingerprint density at radius 2 is 2.10 bits per heavy atom. The molecule has 0 amide bonds. The maximum absolute atomic E-state index is 3.87. The van der Waals surface area contributed by atoms with Gasteiger partial charge in [-0.3, -0.25) is 4.57 Å². The van der Waals surface area contributed by atoms with Crippen molar-refractivity contribution in [1.82, 2.24) is 24.6 Å². The van der Waals surface area contributed by atoms with Crippen LogP contribution in [0.2, 0.25) is 0 Å². The molecule has 0 radical (unpaired) electrons. The van der Waals surface area contributed by atoms with Crippen LogP contribution in [0.5, 0.6) is 0 Å². The zero-order valence-electron chi connectivity index (χ0n) is 11.5. The lowest BCUT2D eigenvalue weighted by Crippen LogP contribution is -2.13. The number of aromatic nitrogens is 4. The number of benzene rings is 1. The third kappa shape index (κ3) is 1.82. The van der Waals surface area contributed by atoms with Crippen molar-refractivity contribution >= 4 is 10.9 Å². The first-order valence-electron chi connectivity index (χ1n) is 6.96. The smallest absolute Gasteiger partial charge is 0.123 e. The van der Waals surface area contributed by atoms with E-state index in [1.807, 2.05) is 4.57 Å². The fraction of sp³-hybridized carbons (Fsp3) is 0.333. The summed E-state index contributed by atoms with van der Waals surface area (Å²) >= 11 is 0. The molecule has 0 aliphatic carbocycles. The van der Waals surface area contributed by atoms with Crippen molar-refractivity contribution in [3.63, 3.8) is 0 Å². The maximum Gasteiger partial charge on any atom is 0.123 e. The first kappa shape index (κ1) is 11.7. The van der Waals surface area contributed by atoms with Gasteiger partial charge in [-0.05, 0) is 49.7 Å². The quantitative estimate of drug-likeness (QED) is 0.774. The minimum absolute atomic E-state index is 0.630. The summed E-state index contributed by atoms with van der Waals surface area (Å²) in [5.41, 5.74) is 3.74. The Labute approximate surface area is 117 Å². The molecular weight excluding hydrogens is 250 g/mol. The molecule has 5 heteroatoms. The van der Waals surface area contributed by atoms with Gasteiger partial charge >= 0.3 is 0 Å². The van der Waals surface area contributed by atoms with Crippen molar-refractivity contribution in [3.05, 3.63) is 42.6 Å². The van der Waals surface area contributed by atoms with Gasteiger partial charge in [0.25, 0.3) is 0 Å². The van der Waals surface area contributed by atoms with Crippen LogP contribution in [0.15, 0.2) is 37.1 Å². The molecule has 5 nitrogen and oxygen atoms in total. The van der Waals surface area contributed by atoms with Crippen molar-refractivity contribution in [2.24, 2.45) is 0 Å². The number of aromatic amines is 1. The van der Waals surface area contributed by atoms with Gasteiger partial charge in [-0.2, -0.15) is 0 Å². The molecule has 1 saturated heterocycles. The van der Waals surface area contributed by atoms with Crippen LogP contribution in [0.25, 0.3) is 16.6 Å². The molecule has 2 aromatic heterocycles. The highest BCUT2D eigenvalue weighted by Crippen LogP contribution is 2.32. The number of nitrogens with zero attached hydrogens (tertiary/aromatic N) is 4. The summed E-state index contributed by atoms with van der Waals surface area (Å²) < 4.78 is 1.94. The van der Waals surface area contributed by atoms with E-state index in [0.717, 1.165) is 12.2 Å². The lowest BCUT2D eigenvalue weighted by atomic mass is 9.97. The van der Waals surface area contributed by atoms with E-state index in [1.165, 1.54) is 29.4 Å². The van der Waals surface area contributed by atoms with Gasteiger partial charge in [-0.25, -0.2) is 0 Å². The minimum Gasteiger partial charge on any atom is -0.361 e. The van der Waals surface area contributed by atoms with Crippen molar-refractivity contribution in [2.45, 2.75) is 12.3 Å². The Morgan fingerprint density at radius 1 is 1.25 bits per heavy atom. The number of hydrogen-bond acceptors (Lipinski definition) is 3. The van der Waals surface area contributed by atoms with Gasteiger partial charge in [0.2, 0.25) is 0 Å². The molecule has 1 aromatic carbocycles. The van der Waals surface area contributed by atoms with Crippen LogP contribution in [0.1, 0.15) is 17.9 Å². The Hall–Kier alpha value is -2.14. The van der Waals surface area contributed by atoms with E-state index in [4.69, 9.17) is 0 Å². The van der Waals surface area contributed by atoms with Crippen molar-refractivity contribution in [2.75, 3.05) is 20.1 Å². The highest BCUT2D eigenvalue weighted by atomic mass is 15.2. The van der Waals surface area contributed by atoms with E-state index in [9.17, 15) is 0 Å². The Balaban J connectivity index is 1.80. The van der Waals surface area contributed by atoms with Gasteiger partial charge in [-0.15, -0.1) is 10.2 Å². The second kappa shape index (κ2) is 4.45. The minimum atomic E-state index is 0.630. The monoisotopic (exact) mass is 267 g/mol. The zero-order valence-corrected chi connectivity index (χ0v) is 11.5. The summed E-state index contributed by atoms with van der Waals surface area (Å²) in [5, 5.41) is 9.07. The van der Waals surface area contributed by atoms with Crippen molar-refractivity contribution < 1.29 is 0 Å². The number of fused-ring (bicyclic) bond motifs is 1. The van der Waals surface area contributed by atoms with Crippen LogP contribution < -0.4 is 0 Å².